The molecule has 2 aromatic rings. The van der Waals surface area contributed by atoms with E-state index in [9.17, 15) is 18.0 Å². The third kappa shape index (κ3) is 4.31. The number of primary amides is 1. The number of nitrogens with zero attached hydrogens (tertiary/aromatic N) is 1. The minimum absolute atomic E-state index is 0.0516. The van der Waals surface area contributed by atoms with Gasteiger partial charge in [0.2, 0.25) is 5.91 Å². The molecular formula is C17H16ClF3N2O3. The average molecular weight is 389 g/mol. The number of benzene rings is 1. The lowest BCUT2D eigenvalue weighted by Gasteiger charge is -2.22. The highest BCUT2D eigenvalue weighted by Crippen LogP contribution is 2.35. The van der Waals surface area contributed by atoms with Gasteiger partial charge in [0, 0.05) is 24.1 Å². The second-order valence-corrected chi connectivity index (χ2v) is 6.44. The lowest BCUT2D eigenvalue weighted by molar-refractivity contribution is -0.147. The molecule has 140 valence electrons. The number of amides is 1. The first-order valence-corrected chi connectivity index (χ1v) is 8.22. The predicted octanol–water partition coefficient (Wildman–Crippen LogP) is 3.92. The van der Waals surface area contributed by atoms with Crippen LogP contribution in [0.1, 0.15) is 34.2 Å². The molecule has 1 amide bonds. The van der Waals surface area contributed by atoms with Gasteiger partial charge in [0.15, 0.2) is 0 Å². The van der Waals surface area contributed by atoms with Gasteiger partial charge in [-0.3, -0.25) is 9.69 Å². The monoisotopic (exact) mass is 388 g/mol. The van der Waals surface area contributed by atoms with E-state index in [-0.39, 0.29) is 23.7 Å². The van der Waals surface area contributed by atoms with Crippen LogP contribution in [0.3, 0.4) is 0 Å². The quantitative estimate of drug-likeness (QED) is 0.862. The number of alkyl halides is 3. The third-order valence-corrected chi connectivity index (χ3v) is 4.39. The number of carbonyl (C=O) groups excluding carboxylic acids is 1. The second-order valence-electron chi connectivity index (χ2n) is 6.03. The molecule has 5 nitrogen and oxygen atoms in total. The minimum atomic E-state index is -4.29. The van der Waals surface area contributed by atoms with E-state index in [1.807, 2.05) is 0 Å². The molecule has 1 aromatic carbocycles. The Morgan fingerprint density at radius 3 is 2.81 bits per heavy atom. The molecule has 0 saturated carbocycles. The van der Waals surface area contributed by atoms with Crippen molar-refractivity contribution in [3.05, 3.63) is 52.4 Å². The first-order chi connectivity index (χ1) is 12.2. The topological polar surface area (TPSA) is 68.7 Å². The van der Waals surface area contributed by atoms with Crippen molar-refractivity contribution in [1.82, 2.24) is 4.90 Å². The molecule has 0 spiro atoms. The second kappa shape index (κ2) is 7.20. The average Bonchev–Trinajstić information content (AvgIpc) is 2.93. The van der Waals surface area contributed by atoms with Crippen LogP contribution in [-0.4, -0.2) is 30.1 Å². The summed E-state index contributed by atoms with van der Waals surface area (Å²) in [5.41, 5.74) is 6.13. The first kappa shape index (κ1) is 18.6. The Morgan fingerprint density at radius 2 is 2.15 bits per heavy atom. The van der Waals surface area contributed by atoms with E-state index in [1.54, 1.807) is 6.07 Å². The lowest BCUT2D eigenvalue weighted by atomic mass is 10.1. The van der Waals surface area contributed by atoms with Crippen LogP contribution in [0.2, 0.25) is 5.02 Å². The summed E-state index contributed by atoms with van der Waals surface area (Å²) in [6.45, 7) is -0.782. The summed E-state index contributed by atoms with van der Waals surface area (Å²) in [6.07, 6.45) is -3.05. The normalized spacial score (nSPS) is 18.2. The molecule has 2 heterocycles. The molecule has 0 bridgehead atoms. The van der Waals surface area contributed by atoms with E-state index >= 15 is 0 Å². The fourth-order valence-electron chi connectivity index (χ4n) is 2.92. The molecule has 1 aliphatic heterocycles. The zero-order valence-electron chi connectivity index (χ0n) is 13.6. The largest absolute Gasteiger partial charge is 0.484 e. The van der Waals surface area contributed by atoms with Gasteiger partial charge in [0.05, 0.1) is 24.4 Å². The highest BCUT2D eigenvalue weighted by Gasteiger charge is 2.34. The standard InChI is InChI=1S/C17H16ClF3N2O3/c18-12-7-10(16(22)24)1-2-14(12)26-13-3-5-23(9-17(19,20)21)8-15-11(13)4-6-25-15/h1-2,4,6-7,13H,3,5,8-9H2,(H2,22,24). The van der Waals surface area contributed by atoms with E-state index in [2.05, 4.69) is 0 Å². The van der Waals surface area contributed by atoms with Gasteiger partial charge in [-0.05, 0) is 24.3 Å². The molecule has 0 aliphatic carbocycles. The fourth-order valence-corrected chi connectivity index (χ4v) is 3.14. The zero-order valence-corrected chi connectivity index (χ0v) is 14.3. The summed E-state index contributed by atoms with van der Waals surface area (Å²) in [5.74, 6) is 0.132. The number of carbonyl (C=O) groups is 1. The van der Waals surface area contributed by atoms with Crippen molar-refractivity contribution >= 4 is 17.5 Å². The van der Waals surface area contributed by atoms with Crippen LogP contribution in [0.4, 0.5) is 13.2 Å². The number of hydrogen-bond donors (Lipinski definition) is 1. The minimum Gasteiger partial charge on any atom is -0.484 e. The van der Waals surface area contributed by atoms with E-state index in [1.165, 1.54) is 29.4 Å². The number of halogens is 4. The fraction of sp³-hybridized carbons (Fsp3) is 0.353. The van der Waals surface area contributed by atoms with Gasteiger partial charge in [0.25, 0.3) is 0 Å². The summed E-state index contributed by atoms with van der Waals surface area (Å²) in [4.78, 5) is 12.5. The van der Waals surface area contributed by atoms with Crippen LogP contribution in [-0.2, 0) is 6.54 Å². The summed E-state index contributed by atoms with van der Waals surface area (Å²) in [6, 6.07) is 6.07. The lowest BCUT2D eigenvalue weighted by Crippen LogP contribution is -2.34. The SMILES string of the molecule is NC(=O)c1ccc(OC2CCN(CC(F)(F)F)Cc3occc32)c(Cl)c1. The van der Waals surface area contributed by atoms with Crippen molar-refractivity contribution in [1.29, 1.82) is 0 Å². The number of rotatable bonds is 4. The number of hydrogen-bond acceptors (Lipinski definition) is 4. The van der Waals surface area contributed by atoms with Crippen LogP contribution in [0.15, 0.2) is 34.9 Å². The van der Waals surface area contributed by atoms with Crippen molar-refractivity contribution in [3.8, 4) is 5.75 Å². The van der Waals surface area contributed by atoms with Crippen LogP contribution < -0.4 is 10.5 Å². The Hall–Kier alpha value is -2.19. The summed E-state index contributed by atoms with van der Waals surface area (Å²) >= 11 is 6.13. The van der Waals surface area contributed by atoms with Gasteiger partial charge in [0.1, 0.15) is 17.6 Å². The van der Waals surface area contributed by atoms with Crippen molar-refractivity contribution < 1.29 is 27.1 Å². The molecule has 0 fully saturated rings. The first-order valence-electron chi connectivity index (χ1n) is 7.84. The number of ether oxygens (including phenoxy) is 1. The van der Waals surface area contributed by atoms with Gasteiger partial charge in [-0.15, -0.1) is 0 Å². The molecule has 3 rings (SSSR count). The highest BCUT2D eigenvalue weighted by atomic mass is 35.5. The Kier molecular flexibility index (Phi) is 5.15. The van der Waals surface area contributed by atoms with E-state index in [0.29, 0.717) is 23.5 Å². The number of fused-ring (bicyclic) bond motifs is 1. The third-order valence-electron chi connectivity index (χ3n) is 4.09. The van der Waals surface area contributed by atoms with Gasteiger partial charge in [-0.2, -0.15) is 13.2 Å². The molecule has 1 unspecified atom stereocenters. The van der Waals surface area contributed by atoms with Crippen LogP contribution in [0.5, 0.6) is 5.75 Å². The van der Waals surface area contributed by atoms with Crippen molar-refractivity contribution in [2.45, 2.75) is 25.2 Å². The van der Waals surface area contributed by atoms with Gasteiger partial charge >= 0.3 is 6.18 Å². The Labute approximate surface area is 152 Å². The molecule has 1 atom stereocenters. The van der Waals surface area contributed by atoms with Crippen LogP contribution in [0.25, 0.3) is 0 Å². The van der Waals surface area contributed by atoms with Gasteiger partial charge in [-0.1, -0.05) is 11.6 Å². The van der Waals surface area contributed by atoms with Crippen molar-refractivity contribution in [2.75, 3.05) is 13.1 Å². The van der Waals surface area contributed by atoms with Gasteiger partial charge < -0.3 is 14.9 Å². The number of furan rings is 1. The molecule has 9 heteroatoms. The maximum Gasteiger partial charge on any atom is 0.401 e. The summed E-state index contributed by atoms with van der Waals surface area (Å²) < 4.78 is 49.4. The van der Waals surface area contributed by atoms with Gasteiger partial charge in [-0.25, -0.2) is 0 Å². The Balaban J connectivity index is 1.80. The molecule has 0 saturated heterocycles. The van der Waals surface area contributed by atoms with E-state index in [4.69, 9.17) is 26.5 Å². The predicted molar refractivity (Wildman–Crippen MR) is 88.0 cm³/mol. The molecule has 1 aromatic heterocycles. The van der Waals surface area contributed by atoms with Crippen LogP contribution >= 0.6 is 11.6 Å². The molecule has 1 aliphatic rings. The van der Waals surface area contributed by atoms with Crippen molar-refractivity contribution in [2.24, 2.45) is 5.73 Å². The van der Waals surface area contributed by atoms with Crippen molar-refractivity contribution in [3.63, 3.8) is 0 Å². The molecular weight excluding hydrogens is 373 g/mol. The molecule has 2 N–H and O–H groups in total. The highest BCUT2D eigenvalue weighted by molar-refractivity contribution is 6.32. The van der Waals surface area contributed by atoms with Crippen LogP contribution in [0, 0.1) is 0 Å². The summed E-state index contributed by atoms with van der Waals surface area (Å²) in [5, 5.41) is 0.197. The Bertz CT molecular complexity index is 807. The molecule has 26 heavy (non-hydrogen) atoms. The number of nitrogens with two attached hydrogens (primary N) is 1. The zero-order chi connectivity index (χ0) is 18.9. The van der Waals surface area contributed by atoms with E-state index < -0.39 is 24.7 Å². The Morgan fingerprint density at radius 1 is 1.38 bits per heavy atom. The smallest absolute Gasteiger partial charge is 0.401 e. The molecule has 0 radical (unpaired) electrons. The van der Waals surface area contributed by atoms with E-state index in [0.717, 1.165) is 0 Å². The maximum absolute atomic E-state index is 12.7. The maximum atomic E-state index is 12.7. The summed E-state index contributed by atoms with van der Waals surface area (Å²) in [7, 11) is 0.